The van der Waals surface area contributed by atoms with Crippen molar-refractivity contribution in [3.05, 3.63) is 72.3 Å². The van der Waals surface area contributed by atoms with Gasteiger partial charge in [0, 0.05) is 29.8 Å². The summed E-state index contributed by atoms with van der Waals surface area (Å²) in [7, 11) is -2.00. The number of sulfonamides is 1. The van der Waals surface area contributed by atoms with Gasteiger partial charge in [-0.25, -0.2) is 8.42 Å². The maximum absolute atomic E-state index is 11.9. The normalized spacial score (nSPS) is 18.5. The number of nitrogens with zero attached hydrogens (tertiary/aromatic N) is 3. The van der Waals surface area contributed by atoms with Crippen LogP contribution in [0, 0.1) is 0 Å². The van der Waals surface area contributed by atoms with Crippen molar-refractivity contribution in [1.82, 2.24) is 14.9 Å². The third kappa shape index (κ3) is 4.67. The molecule has 2 atom stereocenters. The first-order valence-electron chi connectivity index (χ1n) is 10.5. The van der Waals surface area contributed by atoms with Gasteiger partial charge in [-0.15, -0.1) is 0 Å². The second-order valence-electron chi connectivity index (χ2n) is 8.19. The zero-order chi connectivity index (χ0) is 23.8. The quantitative estimate of drug-likeness (QED) is 0.489. The highest BCUT2D eigenvalue weighted by atomic mass is 32.2. The number of nitrogens with one attached hydrogen (secondary N) is 2. The van der Waals surface area contributed by atoms with Gasteiger partial charge >= 0.3 is 0 Å². The maximum Gasteiger partial charge on any atom is 0.229 e. The maximum atomic E-state index is 11.9. The molecule has 3 heterocycles. The summed E-state index contributed by atoms with van der Waals surface area (Å²) in [4.78, 5) is 6.59. The summed E-state index contributed by atoms with van der Waals surface area (Å²) < 4.78 is 34.0. The molecule has 0 bridgehead atoms. The molecular formula is C23H27N5O3S2. The number of aromatic nitrogens is 2. The number of hydrogen-bond acceptors (Lipinski definition) is 5. The van der Waals surface area contributed by atoms with Crippen molar-refractivity contribution in [3.8, 4) is 5.75 Å². The third-order valence-electron chi connectivity index (χ3n) is 5.53. The standard InChI is InChI=1S/C23H27N5O3S2/c1-15(2)27-13-7-9-19(27)22-21(17-8-5-6-12-24-17)25-23(32)28(22)16-10-11-20(31-3)18(14-16)26-33(4,29)30/h5-15,21-22,26H,1-4H3,(H,25,32). The minimum atomic E-state index is -3.50. The lowest BCUT2D eigenvalue weighted by Gasteiger charge is -2.30. The van der Waals surface area contributed by atoms with Crippen molar-refractivity contribution in [2.75, 3.05) is 23.0 Å². The molecule has 4 rings (SSSR count). The van der Waals surface area contributed by atoms with Crippen LogP contribution in [0.3, 0.4) is 0 Å². The summed E-state index contributed by atoms with van der Waals surface area (Å²) in [6.45, 7) is 4.26. The van der Waals surface area contributed by atoms with Gasteiger partial charge in [0.25, 0.3) is 0 Å². The van der Waals surface area contributed by atoms with Gasteiger partial charge in [-0.05, 0) is 68.5 Å². The molecule has 2 N–H and O–H groups in total. The second-order valence-corrected chi connectivity index (χ2v) is 10.3. The summed E-state index contributed by atoms with van der Waals surface area (Å²) in [5.41, 5.74) is 3.02. The molecule has 1 fully saturated rings. The molecular weight excluding hydrogens is 458 g/mol. The van der Waals surface area contributed by atoms with E-state index in [1.54, 1.807) is 18.3 Å². The first-order valence-corrected chi connectivity index (χ1v) is 12.8. The molecule has 8 nitrogen and oxygen atoms in total. The van der Waals surface area contributed by atoms with Gasteiger partial charge in [0.2, 0.25) is 10.0 Å². The molecule has 0 amide bonds. The number of benzene rings is 1. The molecule has 3 aromatic rings. The van der Waals surface area contributed by atoms with E-state index in [-0.39, 0.29) is 18.1 Å². The van der Waals surface area contributed by atoms with Crippen molar-refractivity contribution in [3.63, 3.8) is 0 Å². The van der Waals surface area contributed by atoms with Gasteiger partial charge < -0.3 is 19.5 Å². The first kappa shape index (κ1) is 23.1. The van der Waals surface area contributed by atoms with Crippen LogP contribution in [0.5, 0.6) is 5.75 Å². The van der Waals surface area contributed by atoms with Crippen LogP contribution in [0.25, 0.3) is 0 Å². The SMILES string of the molecule is COc1ccc(N2C(=S)NC(c3ccccn3)C2c2cccn2C(C)C)cc1NS(C)(=O)=O. The van der Waals surface area contributed by atoms with Crippen LogP contribution in [-0.4, -0.2) is 36.4 Å². The monoisotopic (exact) mass is 485 g/mol. The van der Waals surface area contributed by atoms with Crippen LogP contribution < -0.4 is 19.7 Å². The fourth-order valence-electron chi connectivity index (χ4n) is 4.19. The lowest BCUT2D eigenvalue weighted by atomic mass is 10.0. The van der Waals surface area contributed by atoms with Crippen molar-refractivity contribution in [2.24, 2.45) is 0 Å². The summed E-state index contributed by atoms with van der Waals surface area (Å²) in [6, 6.07) is 15.1. The van der Waals surface area contributed by atoms with Gasteiger partial charge in [0.15, 0.2) is 5.11 Å². The van der Waals surface area contributed by atoms with Crippen molar-refractivity contribution in [1.29, 1.82) is 0 Å². The second kappa shape index (κ2) is 9.03. The number of ether oxygens (including phenoxy) is 1. The zero-order valence-corrected chi connectivity index (χ0v) is 20.5. The molecule has 1 aliphatic heterocycles. The molecule has 10 heteroatoms. The van der Waals surface area contributed by atoms with E-state index in [9.17, 15) is 8.42 Å². The molecule has 1 aliphatic rings. The highest BCUT2D eigenvalue weighted by Gasteiger charge is 2.42. The van der Waals surface area contributed by atoms with Crippen LogP contribution in [0.1, 0.15) is 43.4 Å². The highest BCUT2D eigenvalue weighted by molar-refractivity contribution is 7.92. The lowest BCUT2D eigenvalue weighted by molar-refractivity contribution is 0.417. The van der Waals surface area contributed by atoms with E-state index < -0.39 is 10.0 Å². The van der Waals surface area contributed by atoms with Gasteiger partial charge in [-0.3, -0.25) is 9.71 Å². The fraction of sp³-hybridized carbons (Fsp3) is 0.304. The van der Waals surface area contributed by atoms with E-state index in [4.69, 9.17) is 17.0 Å². The lowest BCUT2D eigenvalue weighted by Crippen LogP contribution is -2.30. The molecule has 0 aliphatic carbocycles. The van der Waals surface area contributed by atoms with E-state index >= 15 is 0 Å². The Labute approximate surface area is 199 Å². The Kier molecular flexibility index (Phi) is 6.31. The Morgan fingerprint density at radius 2 is 1.97 bits per heavy atom. The Hall–Kier alpha value is -3.11. The summed E-state index contributed by atoms with van der Waals surface area (Å²) in [6.07, 6.45) is 4.93. The Balaban J connectivity index is 1.86. The molecule has 174 valence electrons. The Bertz CT molecular complexity index is 1260. The predicted molar refractivity (Wildman–Crippen MR) is 134 cm³/mol. The van der Waals surface area contributed by atoms with Gasteiger partial charge in [-0.1, -0.05) is 6.07 Å². The average Bonchev–Trinajstić information content (AvgIpc) is 3.37. The van der Waals surface area contributed by atoms with Crippen molar-refractivity contribution < 1.29 is 13.2 Å². The summed E-state index contributed by atoms with van der Waals surface area (Å²) in [5, 5.41) is 3.96. The minimum absolute atomic E-state index is 0.195. The van der Waals surface area contributed by atoms with Crippen LogP contribution >= 0.6 is 12.2 Å². The summed E-state index contributed by atoms with van der Waals surface area (Å²) >= 11 is 5.78. The van der Waals surface area contributed by atoms with Crippen molar-refractivity contribution in [2.45, 2.75) is 32.0 Å². The smallest absolute Gasteiger partial charge is 0.229 e. The van der Waals surface area contributed by atoms with Crippen LogP contribution in [0.15, 0.2) is 60.9 Å². The van der Waals surface area contributed by atoms with E-state index in [1.807, 2.05) is 35.2 Å². The molecule has 1 aromatic carbocycles. The minimum Gasteiger partial charge on any atom is -0.495 e. The number of rotatable bonds is 7. The van der Waals surface area contributed by atoms with E-state index in [1.165, 1.54) is 7.11 Å². The fourth-order valence-corrected chi connectivity index (χ4v) is 5.09. The molecule has 33 heavy (non-hydrogen) atoms. The van der Waals surface area contributed by atoms with Gasteiger partial charge in [0.1, 0.15) is 11.8 Å². The predicted octanol–water partition coefficient (Wildman–Crippen LogP) is 4.02. The largest absolute Gasteiger partial charge is 0.495 e. The Morgan fingerprint density at radius 1 is 1.18 bits per heavy atom. The Morgan fingerprint density at radius 3 is 2.61 bits per heavy atom. The van der Waals surface area contributed by atoms with Gasteiger partial charge in [-0.2, -0.15) is 0 Å². The molecule has 2 aromatic heterocycles. The van der Waals surface area contributed by atoms with Crippen LogP contribution in [-0.2, 0) is 10.0 Å². The zero-order valence-electron chi connectivity index (χ0n) is 18.9. The van der Waals surface area contributed by atoms with E-state index in [0.717, 1.165) is 23.3 Å². The van der Waals surface area contributed by atoms with Crippen LogP contribution in [0.4, 0.5) is 11.4 Å². The number of pyridine rings is 1. The molecule has 2 unspecified atom stereocenters. The molecule has 0 saturated carbocycles. The van der Waals surface area contributed by atoms with Crippen molar-refractivity contribution >= 4 is 38.7 Å². The topological polar surface area (TPSA) is 88.5 Å². The molecule has 1 saturated heterocycles. The number of thiocarbonyl (C=S) groups is 1. The number of methoxy groups -OCH3 is 1. The number of anilines is 2. The molecule has 0 spiro atoms. The number of hydrogen-bond donors (Lipinski definition) is 2. The first-order chi connectivity index (χ1) is 15.7. The van der Waals surface area contributed by atoms with E-state index in [0.29, 0.717) is 16.5 Å². The van der Waals surface area contributed by atoms with E-state index in [2.05, 4.69) is 45.7 Å². The highest BCUT2D eigenvalue weighted by Crippen LogP contribution is 2.43. The van der Waals surface area contributed by atoms with Crippen LogP contribution in [0.2, 0.25) is 0 Å². The summed E-state index contributed by atoms with van der Waals surface area (Å²) in [5.74, 6) is 0.422. The third-order valence-corrected chi connectivity index (χ3v) is 6.43. The average molecular weight is 486 g/mol. The van der Waals surface area contributed by atoms with Gasteiger partial charge in [0.05, 0.1) is 30.8 Å². The molecule has 0 radical (unpaired) electrons.